The molecule has 4 heteroatoms. The van der Waals surface area contributed by atoms with Gasteiger partial charge in [0.1, 0.15) is 5.82 Å². The highest BCUT2D eigenvalue weighted by Crippen LogP contribution is 2.30. The molecule has 0 aliphatic rings. The van der Waals surface area contributed by atoms with E-state index in [2.05, 4.69) is 4.98 Å². The van der Waals surface area contributed by atoms with Gasteiger partial charge in [0.25, 0.3) is 0 Å². The minimum atomic E-state index is -1.30. The van der Waals surface area contributed by atoms with E-state index < -0.39 is 17.2 Å². The highest BCUT2D eigenvalue weighted by molar-refractivity contribution is 5.81. The average molecular weight is 259 g/mol. The molecular weight excluding hydrogens is 245 g/mol. The van der Waals surface area contributed by atoms with Crippen LogP contribution >= 0.6 is 0 Å². The molecule has 0 saturated carbocycles. The van der Waals surface area contributed by atoms with Crippen LogP contribution in [0.3, 0.4) is 0 Å². The molecule has 0 fully saturated rings. The van der Waals surface area contributed by atoms with Gasteiger partial charge in [-0.05, 0) is 37.1 Å². The summed E-state index contributed by atoms with van der Waals surface area (Å²) in [7, 11) is 0. The Kier molecular flexibility index (Phi) is 3.60. The molecule has 19 heavy (non-hydrogen) atoms. The summed E-state index contributed by atoms with van der Waals surface area (Å²) in [6, 6.07) is 9.47. The Balaban J connectivity index is 2.45. The molecule has 0 saturated heterocycles. The molecule has 0 aliphatic heterocycles. The highest BCUT2D eigenvalue weighted by Gasteiger charge is 2.37. The van der Waals surface area contributed by atoms with Gasteiger partial charge in [-0.15, -0.1) is 0 Å². The van der Waals surface area contributed by atoms with E-state index in [0.29, 0.717) is 0 Å². The third kappa shape index (κ3) is 2.62. The van der Waals surface area contributed by atoms with E-state index >= 15 is 0 Å². The highest BCUT2D eigenvalue weighted by atomic mass is 19.1. The van der Waals surface area contributed by atoms with E-state index in [4.69, 9.17) is 0 Å². The van der Waals surface area contributed by atoms with Crippen molar-refractivity contribution in [2.24, 2.45) is 0 Å². The van der Waals surface area contributed by atoms with Crippen LogP contribution in [0.5, 0.6) is 0 Å². The summed E-state index contributed by atoms with van der Waals surface area (Å²) in [4.78, 5) is 15.5. The maximum absolute atomic E-state index is 13.9. The summed E-state index contributed by atoms with van der Waals surface area (Å²) in [6.07, 6.45) is 3.41. The normalized spacial score (nSPS) is 13.8. The van der Waals surface area contributed by atoms with E-state index in [1.54, 1.807) is 36.7 Å². The lowest BCUT2D eigenvalue weighted by Gasteiger charge is -2.25. The van der Waals surface area contributed by atoms with Crippen molar-refractivity contribution in [3.8, 4) is 0 Å². The Morgan fingerprint density at radius 3 is 2.47 bits per heavy atom. The molecule has 1 atom stereocenters. The first-order chi connectivity index (χ1) is 9.04. The fraction of sp³-hybridized carbons (Fsp3) is 0.200. The predicted molar refractivity (Wildman–Crippen MR) is 69.3 cm³/mol. The molecule has 0 bridgehead atoms. The van der Waals surface area contributed by atoms with Crippen molar-refractivity contribution in [2.45, 2.75) is 18.8 Å². The van der Waals surface area contributed by atoms with Gasteiger partial charge >= 0.3 is 5.97 Å². The number of aliphatic carboxylic acids is 1. The minimum absolute atomic E-state index is 0.194. The number of rotatable bonds is 4. The number of nitrogens with zero attached hydrogens (tertiary/aromatic N) is 1. The van der Waals surface area contributed by atoms with Gasteiger partial charge in [-0.2, -0.15) is 0 Å². The maximum Gasteiger partial charge on any atom is 0.314 e. The summed E-state index contributed by atoms with van der Waals surface area (Å²) in [5.41, 5.74) is -0.297. The van der Waals surface area contributed by atoms with Crippen LogP contribution in [0.2, 0.25) is 0 Å². The molecule has 1 aromatic heterocycles. The van der Waals surface area contributed by atoms with E-state index in [1.807, 2.05) is 0 Å². The molecule has 0 amide bonds. The number of carboxylic acid groups (broad SMARTS) is 1. The summed E-state index contributed by atoms with van der Waals surface area (Å²) >= 11 is 0. The topological polar surface area (TPSA) is 50.2 Å². The van der Waals surface area contributed by atoms with Gasteiger partial charge in [-0.1, -0.05) is 18.2 Å². The minimum Gasteiger partial charge on any atom is -0.481 e. The summed E-state index contributed by atoms with van der Waals surface area (Å²) in [5.74, 6) is -1.55. The Bertz CT molecular complexity index is 586. The largest absolute Gasteiger partial charge is 0.481 e. The fourth-order valence-electron chi connectivity index (χ4n) is 2.10. The van der Waals surface area contributed by atoms with Crippen LogP contribution < -0.4 is 0 Å². The number of hydrogen-bond donors (Lipinski definition) is 1. The van der Waals surface area contributed by atoms with Gasteiger partial charge in [0.15, 0.2) is 0 Å². The molecule has 0 radical (unpaired) electrons. The Morgan fingerprint density at radius 1 is 1.26 bits per heavy atom. The molecule has 1 heterocycles. The van der Waals surface area contributed by atoms with Crippen molar-refractivity contribution in [2.75, 3.05) is 0 Å². The number of carboxylic acids is 1. The molecule has 0 aliphatic carbocycles. The van der Waals surface area contributed by atoms with Crippen molar-refractivity contribution in [1.82, 2.24) is 4.98 Å². The molecule has 2 aromatic rings. The second kappa shape index (κ2) is 5.18. The lowest BCUT2D eigenvalue weighted by molar-refractivity contribution is -0.143. The van der Waals surface area contributed by atoms with E-state index in [-0.39, 0.29) is 12.0 Å². The van der Waals surface area contributed by atoms with Crippen LogP contribution in [0.15, 0.2) is 48.8 Å². The smallest absolute Gasteiger partial charge is 0.314 e. The van der Waals surface area contributed by atoms with E-state index in [1.165, 1.54) is 19.1 Å². The zero-order chi connectivity index (χ0) is 13.9. The fourth-order valence-corrected chi connectivity index (χ4v) is 2.10. The third-order valence-corrected chi connectivity index (χ3v) is 3.25. The van der Waals surface area contributed by atoms with Gasteiger partial charge in [0.05, 0.1) is 5.41 Å². The zero-order valence-corrected chi connectivity index (χ0v) is 10.5. The van der Waals surface area contributed by atoms with Crippen LogP contribution in [-0.2, 0) is 16.6 Å². The van der Waals surface area contributed by atoms with Crippen molar-refractivity contribution >= 4 is 5.97 Å². The molecule has 2 rings (SSSR count). The molecule has 3 nitrogen and oxygen atoms in total. The number of pyridine rings is 1. The first kappa shape index (κ1) is 13.2. The third-order valence-electron chi connectivity index (χ3n) is 3.25. The number of carbonyl (C=O) groups is 1. The molecular formula is C15H14FNO2. The van der Waals surface area contributed by atoms with Crippen molar-refractivity contribution < 1.29 is 14.3 Å². The van der Waals surface area contributed by atoms with E-state index in [9.17, 15) is 14.3 Å². The first-order valence-corrected chi connectivity index (χ1v) is 5.91. The number of benzene rings is 1. The second-order valence-electron chi connectivity index (χ2n) is 4.65. The number of hydrogen-bond acceptors (Lipinski definition) is 2. The Morgan fingerprint density at radius 2 is 1.89 bits per heavy atom. The SMILES string of the molecule is CC(Cc1ccncc1)(C(=O)O)c1ccccc1F. The maximum atomic E-state index is 13.9. The van der Waals surface area contributed by atoms with Crippen LogP contribution in [0.4, 0.5) is 4.39 Å². The van der Waals surface area contributed by atoms with Crippen LogP contribution in [0.25, 0.3) is 0 Å². The van der Waals surface area contributed by atoms with Gasteiger partial charge in [-0.25, -0.2) is 4.39 Å². The van der Waals surface area contributed by atoms with Crippen LogP contribution in [0, 0.1) is 5.82 Å². The monoisotopic (exact) mass is 259 g/mol. The molecule has 1 unspecified atom stereocenters. The van der Waals surface area contributed by atoms with Gasteiger partial charge in [0.2, 0.25) is 0 Å². The van der Waals surface area contributed by atoms with Crippen molar-refractivity contribution in [1.29, 1.82) is 0 Å². The van der Waals surface area contributed by atoms with Crippen LogP contribution in [0.1, 0.15) is 18.1 Å². The average Bonchev–Trinajstić information content (AvgIpc) is 2.40. The van der Waals surface area contributed by atoms with E-state index in [0.717, 1.165) is 5.56 Å². The molecule has 1 aromatic carbocycles. The summed E-state index contributed by atoms with van der Waals surface area (Å²) in [5, 5.41) is 9.49. The molecule has 98 valence electrons. The summed E-state index contributed by atoms with van der Waals surface area (Å²) < 4.78 is 13.9. The lowest BCUT2D eigenvalue weighted by atomic mass is 9.77. The van der Waals surface area contributed by atoms with Gasteiger partial charge in [0, 0.05) is 18.0 Å². The Hall–Kier alpha value is -2.23. The number of aromatic nitrogens is 1. The lowest BCUT2D eigenvalue weighted by Crippen LogP contribution is -2.35. The Labute approximate surface area is 110 Å². The molecule has 0 spiro atoms. The summed E-state index contributed by atoms with van der Waals surface area (Å²) in [6.45, 7) is 1.54. The zero-order valence-electron chi connectivity index (χ0n) is 10.5. The van der Waals surface area contributed by atoms with Crippen molar-refractivity contribution in [3.05, 3.63) is 65.7 Å². The number of halogens is 1. The van der Waals surface area contributed by atoms with Gasteiger partial charge in [-0.3, -0.25) is 9.78 Å². The van der Waals surface area contributed by atoms with Crippen LogP contribution in [-0.4, -0.2) is 16.1 Å². The second-order valence-corrected chi connectivity index (χ2v) is 4.65. The standard InChI is InChI=1S/C15H14FNO2/c1-15(14(18)19,10-11-6-8-17-9-7-11)12-4-2-3-5-13(12)16/h2-9H,10H2,1H3,(H,18,19). The van der Waals surface area contributed by atoms with Crippen molar-refractivity contribution in [3.63, 3.8) is 0 Å². The first-order valence-electron chi connectivity index (χ1n) is 5.91. The van der Waals surface area contributed by atoms with Gasteiger partial charge < -0.3 is 5.11 Å². The quantitative estimate of drug-likeness (QED) is 0.918. The molecule has 1 N–H and O–H groups in total. The predicted octanol–water partition coefficient (Wildman–Crippen LogP) is 2.81.